The van der Waals surface area contributed by atoms with Gasteiger partial charge in [0.1, 0.15) is 5.56 Å². The number of carbonyl (C=O) groups is 2. The zero-order valence-corrected chi connectivity index (χ0v) is 9.40. The van der Waals surface area contributed by atoms with E-state index in [0.717, 1.165) is 0 Å². The summed E-state index contributed by atoms with van der Waals surface area (Å²) in [5.41, 5.74) is 0.742. The molecule has 0 atom stereocenters. The number of hydrogen-bond acceptors (Lipinski definition) is 5. The molecule has 0 saturated heterocycles. The molecule has 0 unspecified atom stereocenters. The summed E-state index contributed by atoms with van der Waals surface area (Å²) < 4.78 is 15.0. The van der Waals surface area contributed by atoms with Crippen LogP contribution in [0.25, 0.3) is 0 Å². The number of amides is 1. The molecule has 0 bridgehead atoms. The number of carbonyl (C=O) groups excluding carboxylic acids is 2. The molecule has 90 valence electrons. The summed E-state index contributed by atoms with van der Waals surface area (Å²) in [6.45, 7) is 1.40. The first-order valence-electron chi connectivity index (χ1n) is 4.92. The van der Waals surface area contributed by atoms with Crippen LogP contribution in [-0.4, -0.2) is 25.8 Å². The molecule has 0 spiro atoms. The van der Waals surface area contributed by atoms with Crippen LogP contribution in [0.1, 0.15) is 17.3 Å². The lowest BCUT2D eigenvalue weighted by atomic mass is 10.1. The third-order valence-electron chi connectivity index (χ3n) is 2.23. The van der Waals surface area contributed by atoms with Crippen LogP contribution in [0.3, 0.4) is 0 Å². The number of nitrogens with one attached hydrogen (secondary N) is 1. The highest BCUT2D eigenvalue weighted by Gasteiger charge is 2.26. The molecule has 0 saturated carbocycles. The molecule has 1 N–H and O–H groups in total. The molecule has 6 heteroatoms. The van der Waals surface area contributed by atoms with Crippen LogP contribution in [0.2, 0.25) is 0 Å². The minimum Gasteiger partial charge on any atom is -0.465 e. The maximum absolute atomic E-state index is 11.5. The van der Waals surface area contributed by atoms with Gasteiger partial charge in [-0.25, -0.2) is 4.79 Å². The number of rotatable bonds is 2. The van der Waals surface area contributed by atoms with Gasteiger partial charge in [0.05, 0.1) is 12.8 Å². The number of anilines is 1. The lowest BCUT2D eigenvalue weighted by molar-refractivity contribution is -0.114. The Morgan fingerprint density at radius 2 is 2.00 bits per heavy atom. The Kier molecular flexibility index (Phi) is 2.86. The van der Waals surface area contributed by atoms with E-state index in [1.54, 1.807) is 6.07 Å². The Hall–Kier alpha value is -2.24. The summed E-state index contributed by atoms with van der Waals surface area (Å²) in [6, 6.07) is 3.09. The largest absolute Gasteiger partial charge is 0.465 e. The fraction of sp³-hybridized carbons (Fsp3) is 0.273. The summed E-state index contributed by atoms with van der Waals surface area (Å²) in [7, 11) is 1.28. The second-order valence-corrected chi connectivity index (χ2v) is 3.40. The van der Waals surface area contributed by atoms with Crippen molar-refractivity contribution in [3.8, 4) is 11.5 Å². The van der Waals surface area contributed by atoms with E-state index in [-0.39, 0.29) is 18.3 Å². The Labute approximate surface area is 97.5 Å². The van der Waals surface area contributed by atoms with Crippen molar-refractivity contribution in [2.45, 2.75) is 6.92 Å². The molecule has 1 amide bonds. The molecule has 1 aliphatic rings. The first kappa shape index (κ1) is 11.3. The van der Waals surface area contributed by atoms with E-state index < -0.39 is 5.97 Å². The van der Waals surface area contributed by atoms with Gasteiger partial charge in [0.25, 0.3) is 0 Å². The fourth-order valence-electron chi connectivity index (χ4n) is 1.56. The lowest BCUT2D eigenvalue weighted by Crippen LogP contribution is -2.08. The van der Waals surface area contributed by atoms with Crippen molar-refractivity contribution in [3.05, 3.63) is 17.7 Å². The number of esters is 1. The van der Waals surface area contributed by atoms with Crippen LogP contribution in [0.5, 0.6) is 11.5 Å². The second kappa shape index (κ2) is 4.32. The lowest BCUT2D eigenvalue weighted by Gasteiger charge is -2.08. The Morgan fingerprint density at radius 3 is 2.65 bits per heavy atom. The van der Waals surface area contributed by atoms with E-state index in [9.17, 15) is 9.59 Å². The van der Waals surface area contributed by atoms with Gasteiger partial charge in [-0.3, -0.25) is 4.79 Å². The number of fused-ring (bicyclic) bond motifs is 1. The van der Waals surface area contributed by atoms with E-state index in [1.807, 2.05) is 0 Å². The molecule has 17 heavy (non-hydrogen) atoms. The SMILES string of the molecule is COC(=O)c1ccc(NC(C)=O)c2c1OCO2. The molecule has 1 aromatic carbocycles. The Bertz CT molecular complexity index is 483. The van der Waals surface area contributed by atoms with Crippen molar-refractivity contribution >= 4 is 17.6 Å². The standard InChI is InChI=1S/C11H11NO5/c1-6(13)12-8-4-3-7(11(14)15-2)9-10(8)17-5-16-9/h3-4H,5H2,1-2H3,(H,12,13). The third kappa shape index (κ3) is 2.01. The number of methoxy groups -OCH3 is 1. The van der Waals surface area contributed by atoms with Crippen LogP contribution in [0, 0.1) is 0 Å². The smallest absolute Gasteiger partial charge is 0.341 e. The van der Waals surface area contributed by atoms with Gasteiger partial charge in [-0.05, 0) is 12.1 Å². The maximum Gasteiger partial charge on any atom is 0.341 e. The molecule has 1 heterocycles. The quantitative estimate of drug-likeness (QED) is 0.781. The molecular formula is C11H11NO5. The molecule has 0 fully saturated rings. The van der Waals surface area contributed by atoms with Crippen LogP contribution < -0.4 is 14.8 Å². The molecule has 1 aliphatic heterocycles. The van der Waals surface area contributed by atoms with E-state index in [4.69, 9.17) is 9.47 Å². The first-order chi connectivity index (χ1) is 8.13. The maximum atomic E-state index is 11.5. The van der Waals surface area contributed by atoms with E-state index in [2.05, 4.69) is 10.1 Å². The van der Waals surface area contributed by atoms with E-state index in [1.165, 1.54) is 20.1 Å². The van der Waals surface area contributed by atoms with Crippen LogP contribution in [0.15, 0.2) is 12.1 Å². The van der Waals surface area contributed by atoms with Crippen molar-refractivity contribution in [3.63, 3.8) is 0 Å². The predicted octanol–water partition coefficient (Wildman–Crippen LogP) is 1.16. The number of ether oxygens (including phenoxy) is 3. The minimum absolute atomic E-state index is 0.00985. The van der Waals surface area contributed by atoms with Gasteiger partial charge in [-0.2, -0.15) is 0 Å². The monoisotopic (exact) mass is 237 g/mol. The zero-order valence-electron chi connectivity index (χ0n) is 9.40. The first-order valence-corrected chi connectivity index (χ1v) is 4.92. The minimum atomic E-state index is -0.513. The summed E-state index contributed by atoms with van der Waals surface area (Å²) in [5, 5.41) is 2.59. The van der Waals surface area contributed by atoms with Crippen molar-refractivity contribution in [2.24, 2.45) is 0 Å². The van der Waals surface area contributed by atoms with Crippen molar-refractivity contribution in [1.82, 2.24) is 0 Å². The average Bonchev–Trinajstić information content (AvgIpc) is 2.77. The second-order valence-electron chi connectivity index (χ2n) is 3.40. The van der Waals surface area contributed by atoms with Gasteiger partial charge in [-0.1, -0.05) is 0 Å². The molecular weight excluding hydrogens is 226 g/mol. The van der Waals surface area contributed by atoms with E-state index in [0.29, 0.717) is 17.2 Å². The van der Waals surface area contributed by atoms with Crippen LogP contribution in [0.4, 0.5) is 5.69 Å². The highest BCUT2D eigenvalue weighted by atomic mass is 16.7. The Balaban J connectivity index is 2.45. The molecule has 0 radical (unpaired) electrons. The van der Waals surface area contributed by atoms with Crippen molar-refractivity contribution in [1.29, 1.82) is 0 Å². The van der Waals surface area contributed by atoms with Gasteiger partial charge < -0.3 is 19.5 Å². The molecule has 6 nitrogen and oxygen atoms in total. The summed E-state index contributed by atoms with van der Waals surface area (Å²) in [4.78, 5) is 22.5. The van der Waals surface area contributed by atoms with Gasteiger partial charge in [-0.15, -0.1) is 0 Å². The van der Waals surface area contributed by atoms with E-state index >= 15 is 0 Å². The van der Waals surface area contributed by atoms with Crippen molar-refractivity contribution < 1.29 is 23.8 Å². The summed E-state index contributed by atoms with van der Waals surface area (Å²) in [6.07, 6.45) is 0. The molecule has 1 aromatic rings. The zero-order chi connectivity index (χ0) is 12.4. The normalized spacial score (nSPS) is 12.1. The van der Waals surface area contributed by atoms with Crippen molar-refractivity contribution in [2.75, 3.05) is 19.2 Å². The van der Waals surface area contributed by atoms with Gasteiger partial charge in [0.15, 0.2) is 11.5 Å². The number of hydrogen-bond donors (Lipinski definition) is 1. The Morgan fingerprint density at radius 1 is 1.29 bits per heavy atom. The fourth-order valence-corrected chi connectivity index (χ4v) is 1.56. The van der Waals surface area contributed by atoms with Gasteiger partial charge >= 0.3 is 5.97 Å². The van der Waals surface area contributed by atoms with Crippen LogP contribution in [-0.2, 0) is 9.53 Å². The van der Waals surface area contributed by atoms with Crippen LogP contribution >= 0.6 is 0 Å². The highest BCUT2D eigenvalue weighted by molar-refractivity contribution is 5.97. The molecule has 0 aliphatic carbocycles. The average molecular weight is 237 g/mol. The number of benzene rings is 1. The molecule has 0 aromatic heterocycles. The highest BCUT2D eigenvalue weighted by Crippen LogP contribution is 2.42. The molecule has 2 rings (SSSR count). The summed E-state index contributed by atoms with van der Waals surface area (Å²) in [5.74, 6) is -0.0964. The van der Waals surface area contributed by atoms with Gasteiger partial charge in [0.2, 0.25) is 12.7 Å². The summed E-state index contributed by atoms with van der Waals surface area (Å²) >= 11 is 0. The predicted molar refractivity (Wildman–Crippen MR) is 58.2 cm³/mol. The van der Waals surface area contributed by atoms with Gasteiger partial charge in [0, 0.05) is 6.92 Å². The third-order valence-corrected chi connectivity index (χ3v) is 2.23. The topological polar surface area (TPSA) is 73.9 Å².